The van der Waals surface area contributed by atoms with Gasteiger partial charge >= 0.3 is 0 Å². The summed E-state index contributed by atoms with van der Waals surface area (Å²) in [6, 6.07) is 5.53. The van der Waals surface area contributed by atoms with E-state index in [9.17, 15) is 0 Å². The molecule has 0 aliphatic carbocycles. The highest BCUT2D eigenvalue weighted by Crippen LogP contribution is 2.25. The van der Waals surface area contributed by atoms with E-state index < -0.39 is 0 Å². The van der Waals surface area contributed by atoms with E-state index in [2.05, 4.69) is 15.6 Å². The van der Waals surface area contributed by atoms with Crippen LogP contribution in [0.4, 0.5) is 0 Å². The molecule has 2 N–H and O–H groups in total. The van der Waals surface area contributed by atoms with Crippen LogP contribution in [-0.4, -0.2) is 45.5 Å². The van der Waals surface area contributed by atoms with Gasteiger partial charge in [0.1, 0.15) is 0 Å². The van der Waals surface area contributed by atoms with E-state index >= 15 is 0 Å². The normalized spacial score (nSPS) is 18.3. The Hall–Kier alpha value is -0.280. The Kier molecular flexibility index (Phi) is 11.9. The Morgan fingerprint density at radius 1 is 1.42 bits per heavy atom. The molecule has 148 valence electrons. The van der Waals surface area contributed by atoms with Crippen molar-refractivity contribution in [2.45, 2.75) is 38.3 Å². The minimum absolute atomic E-state index is 0. The van der Waals surface area contributed by atoms with Crippen LogP contribution < -0.4 is 10.6 Å². The number of rotatable bonds is 8. The van der Waals surface area contributed by atoms with Gasteiger partial charge in [-0.15, -0.1) is 24.0 Å². The van der Waals surface area contributed by atoms with Crippen molar-refractivity contribution in [2.75, 3.05) is 33.4 Å². The van der Waals surface area contributed by atoms with E-state index in [4.69, 9.17) is 32.7 Å². The molecule has 0 bridgehead atoms. The van der Waals surface area contributed by atoms with Crippen molar-refractivity contribution < 1.29 is 9.47 Å². The number of guanidine groups is 1. The van der Waals surface area contributed by atoms with Crippen molar-refractivity contribution in [3.05, 3.63) is 33.8 Å². The van der Waals surface area contributed by atoms with Crippen molar-refractivity contribution in [1.29, 1.82) is 0 Å². The predicted octanol–water partition coefficient (Wildman–Crippen LogP) is 4.42. The molecule has 2 unspecified atom stereocenters. The van der Waals surface area contributed by atoms with Gasteiger partial charge in [-0.05, 0) is 43.9 Å². The molecule has 8 heteroatoms. The summed E-state index contributed by atoms with van der Waals surface area (Å²) in [5, 5.41) is 7.89. The summed E-state index contributed by atoms with van der Waals surface area (Å²) in [5.41, 5.74) is 0.980. The van der Waals surface area contributed by atoms with Crippen molar-refractivity contribution in [3.8, 4) is 0 Å². The first kappa shape index (κ1) is 23.8. The van der Waals surface area contributed by atoms with E-state index in [0.717, 1.165) is 43.9 Å². The zero-order valence-electron chi connectivity index (χ0n) is 15.3. The second kappa shape index (κ2) is 13.0. The third-order valence-electron chi connectivity index (χ3n) is 4.09. The molecule has 0 spiro atoms. The molecule has 1 heterocycles. The Morgan fingerprint density at radius 2 is 2.23 bits per heavy atom. The highest BCUT2D eigenvalue weighted by Gasteiger charge is 2.15. The van der Waals surface area contributed by atoms with E-state index in [1.54, 1.807) is 13.1 Å². The van der Waals surface area contributed by atoms with Gasteiger partial charge in [0, 0.05) is 36.9 Å². The maximum absolute atomic E-state index is 6.25. The predicted molar refractivity (Wildman–Crippen MR) is 119 cm³/mol. The molecule has 1 fully saturated rings. The van der Waals surface area contributed by atoms with E-state index in [-0.39, 0.29) is 36.1 Å². The van der Waals surface area contributed by atoms with Gasteiger partial charge in [-0.3, -0.25) is 4.99 Å². The first-order valence-corrected chi connectivity index (χ1v) is 9.47. The lowest BCUT2D eigenvalue weighted by Gasteiger charge is -2.19. The molecule has 5 nitrogen and oxygen atoms in total. The van der Waals surface area contributed by atoms with Gasteiger partial charge < -0.3 is 20.1 Å². The lowest BCUT2D eigenvalue weighted by molar-refractivity contribution is 0.0168. The average molecular weight is 516 g/mol. The van der Waals surface area contributed by atoms with Gasteiger partial charge in [0.25, 0.3) is 0 Å². The van der Waals surface area contributed by atoms with E-state index in [1.165, 1.54) is 0 Å². The van der Waals surface area contributed by atoms with Crippen molar-refractivity contribution >= 4 is 53.1 Å². The number of benzene rings is 1. The third kappa shape index (κ3) is 8.17. The second-order valence-electron chi connectivity index (χ2n) is 6.09. The lowest BCUT2D eigenvalue weighted by atomic mass is 10.1. The molecule has 0 amide bonds. The number of hydrogen-bond acceptors (Lipinski definition) is 3. The number of aliphatic imine (C=N–C) groups is 1. The lowest BCUT2D eigenvalue weighted by Crippen LogP contribution is -2.39. The van der Waals surface area contributed by atoms with Gasteiger partial charge in [0.2, 0.25) is 0 Å². The molecular weight excluding hydrogens is 488 g/mol. The Labute approximate surface area is 183 Å². The van der Waals surface area contributed by atoms with E-state index in [1.807, 2.05) is 19.1 Å². The largest absolute Gasteiger partial charge is 0.379 e. The van der Waals surface area contributed by atoms with Crippen LogP contribution in [0.2, 0.25) is 10.0 Å². The van der Waals surface area contributed by atoms with Gasteiger partial charge in [-0.2, -0.15) is 0 Å². The fourth-order valence-corrected chi connectivity index (χ4v) is 3.27. The van der Waals surface area contributed by atoms with Crippen molar-refractivity contribution in [3.63, 3.8) is 0 Å². The number of nitrogens with one attached hydrogen (secondary N) is 2. The Balaban J connectivity index is 0.00000338. The van der Waals surface area contributed by atoms with Gasteiger partial charge in [0.05, 0.1) is 18.8 Å². The van der Waals surface area contributed by atoms with Crippen LogP contribution in [0.15, 0.2) is 23.2 Å². The molecule has 1 aromatic carbocycles. The quantitative estimate of drug-likeness (QED) is 0.233. The monoisotopic (exact) mass is 515 g/mol. The van der Waals surface area contributed by atoms with Crippen LogP contribution in [0.1, 0.15) is 37.8 Å². The third-order valence-corrected chi connectivity index (χ3v) is 4.65. The number of ether oxygens (including phenoxy) is 2. The molecule has 1 saturated heterocycles. The topological polar surface area (TPSA) is 54.9 Å². The fraction of sp³-hybridized carbons (Fsp3) is 0.611. The molecule has 0 aromatic heterocycles. The highest BCUT2D eigenvalue weighted by molar-refractivity contribution is 14.0. The molecule has 1 aliphatic rings. The minimum Gasteiger partial charge on any atom is -0.379 e. The van der Waals surface area contributed by atoms with Crippen molar-refractivity contribution in [2.24, 2.45) is 4.99 Å². The second-order valence-corrected chi connectivity index (χ2v) is 6.94. The molecule has 1 aromatic rings. The summed E-state index contributed by atoms with van der Waals surface area (Å²) >= 11 is 12.2. The summed E-state index contributed by atoms with van der Waals surface area (Å²) in [4.78, 5) is 4.25. The number of nitrogens with zero attached hydrogens (tertiary/aromatic N) is 1. The van der Waals surface area contributed by atoms with Gasteiger partial charge in [-0.1, -0.05) is 29.3 Å². The van der Waals surface area contributed by atoms with Crippen LogP contribution in [0.3, 0.4) is 0 Å². The smallest absolute Gasteiger partial charge is 0.191 e. The van der Waals surface area contributed by atoms with Crippen LogP contribution >= 0.6 is 47.2 Å². The SMILES string of the molecule is CN=C(NCCCOCC1CCCO1)NC(C)c1ccc(Cl)cc1Cl.I. The maximum atomic E-state index is 6.25. The zero-order chi connectivity index (χ0) is 18.1. The molecule has 0 radical (unpaired) electrons. The molecular formula is C18H28Cl2IN3O2. The minimum atomic E-state index is 0. The summed E-state index contributed by atoms with van der Waals surface area (Å²) in [6.45, 7) is 5.09. The molecule has 0 saturated carbocycles. The Bertz CT molecular complexity index is 569. The summed E-state index contributed by atoms with van der Waals surface area (Å²) < 4.78 is 11.2. The zero-order valence-corrected chi connectivity index (χ0v) is 19.1. The number of halogens is 3. The average Bonchev–Trinajstić information content (AvgIpc) is 3.10. The van der Waals surface area contributed by atoms with Gasteiger partial charge in [-0.25, -0.2) is 0 Å². The van der Waals surface area contributed by atoms with Gasteiger partial charge in [0.15, 0.2) is 5.96 Å². The highest BCUT2D eigenvalue weighted by atomic mass is 127. The number of hydrogen-bond donors (Lipinski definition) is 2. The van der Waals surface area contributed by atoms with Crippen LogP contribution in [-0.2, 0) is 9.47 Å². The van der Waals surface area contributed by atoms with E-state index in [0.29, 0.717) is 23.3 Å². The van der Waals surface area contributed by atoms with Crippen molar-refractivity contribution in [1.82, 2.24) is 10.6 Å². The first-order valence-electron chi connectivity index (χ1n) is 8.71. The summed E-state index contributed by atoms with van der Waals surface area (Å²) in [5.74, 6) is 0.734. The fourth-order valence-electron chi connectivity index (χ4n) is 2.70. The van der Waals surface area contributed by atoms with Crippen LogP contribution in [0.5, 0.6) is 0 Å². The maximum Gasteiger partial charge on any atom is 0.191 e. The standard InChI is InChI=1S/C18H27Cl2N3O2.HI/c1-13(16-7-6-14(19)11-17(16)20)23-18(21-2)22-8-4-9-24-12-15-5-3-10-25-15;/h6-7,11,13,15H,3-5,8-10,12H2,1-2H3,(H2,21,22,23);1H. The molecule has 1 aliphatic heterocycles. The molecule has 2 rings (SSSR count). The van der Waals surface area contributed by atoms with Crippen LogP contribution in [0, 0.1) is 0 Å². The summed E-state index contributed by atoms with van der Waals surface area (Å²) in [7, 11) is 1.75. The molecule has 26 heavy (non-hydrogen) atoms. The summed E-state index contributed by atoms with van der Waals surface area (Å²) in [6.07, 6.45) is 3.45. The first-order chi connectivity index (χ1) is 12.1. The Morgan fingerprint density at radius 3 is 2.88 bits per heavy atom. The van der Waals surface area contributed by atoms with Crippen LogP contribution in [0.25, 0.3) is 0 Å². The molecule has 2 atom stereocenters.